The van der Waals surface area contributed by atoms with E-state index in [0.717, 1.165) is 0 Å². The number of hydrogen-bond acceptors (Lipinski definition) is 5. The lowest BCUT2D eigenvalue weighted by atomic mass is 10.0. The van der Waals surface area contributed by atoms with Crippen LogP contribution in [-0.4, -0.2) is 73.9 Å². The Morgan fingerprint density at radius 2 is 1.69 bits per heavy atom. The van der Waals surface area contributed by atoms with Gasteiger partial charge in [-0.15, -0.1) is 0 Å². The van der Waals surface area contributed by atoms with E-state index in [1.165, 1.54) is 0 Å². The van der Waals surface area contributed by atoms with Crippen molar-refractivity contribution in [3.05, 3.63) is 0 Å². The second-order valence-electron chi connectivity index (χ2n) is 4.52. The molecule has 0 aromatic carbocycles. The quantitative estimate of drug-likeness (QED) is 0.575. The molecular weight excluding hydrogens is 210 g/mol. The van der Waals surface area contributed by atoms with E-state index in [2.05, 4.69) is 0 Å². The minimum atomic E-state index is -0.484. The Kier molecular flexibility index (Phi) is 7.87. The maximum Gasteiger partial charge on any atom is 0.0986 e. The number of hydrogen-bond donors (Lipinski definition) is 2. The first-order chi connectivity index (χ1) is 7.44. The maximum absolute atomic E-state index is 8.77. The highest BCUT2D eigenvalue weighted by Crippen LogP contribution is 2.18. The summed E-state index contributed by atoms with van der Waals surface area (Å²) in [5, 5.41) is 17.5. The lowest BCUT2D eigenvalue weighted by Gasteiger charge is -2.35. The third-order valence-corrected chi connectivity index (χ3v) is 2.28. The van der Waals surface area contributed by atoms with E-state index in [1.807, 2.05) is 32.8 Å². The fourth-order valence-corrected chi connectivity index (χ4v) is 1.40. The van der Waals surface area contributed by atoms with Gasteiger partial charge in [0.15, 0.2) is 0 Å². The molecule has 0 saturated heterocycles. The van der Waals surface area contributed by atoms with Gasteiger partial charge in [0, 0.05) is 6.54 Å². The molecule has 2 N–H and O–H groups in total. The van der Waals surface area contributed by atoms with E-state index in [9.17, 15) is 0 Å². The summed E-state index contributed by atoms with van der Waals surface area (Å²) in [7, 11) is 3.91. The lowest BCUT2D eigenvalue weighted by Crippen LogP contribution is -2.47. The zero-order valence-electron chi connectivity index (χ0n) is 10.8. The first kappa shape index (κ1) is 15.8. The van der Waals surface area contributed by atoms with E-state index in [1.54, 1.807) is 0 Å². The number of aliphatic hydroxyl groups excluding tert-OH is 2. The van der Waals surface area contributed by atoms with Gasteiger partial charge in [-0.2, -0.15) is 0 Å². The molecule has 0 rings (SSSR count). The summed E-state index contributed by atoms with van der Waals surface area (Å²) < 4.78 is 11.1. The van der Waals surface area contributed by atoms with Gasteiger partial charge in [-0.05, 0) is 27.9 Å². The predicted molar refractivity (Wildman–Crippen MR) is 62.5 cm³/mol. The van der Waals surface area contributed by atoms with Gasteiger partial charge in [0.25, 0.3) is 0 Å². The molecule has 0 aliphatic carbocycles. The van der Waals surface area contributed by atoms with Crippen molar-refractivity contribution in [3.8, 4) is 0 Å². The maximum atomic E-state index is 8.77. The molecule has 0 amide bonds. The molecule has 0 aromatic heterocycles. The monoisotopic (exact) mass is 235 g/mol. The largest absolute Gasteiger partial charge is 0.394 e. The van der Waals surface area contributed by atoms with Crippen molar-refractivity contribution >= 4 is 0 Å². The second-order valence-corrected chi connectivity index (χ2v) is 4.52. The average Bonchev–Trinajstić information content (AvgIpc) is 2.20. The van der Waals surface area contributed by atoms with Gasteiger partial charge in [0.2, 0.25) is 0 Å². The minimum absolute atomic E-state index is 0.00000850. The molecule has 16 heavy (non-hydrogen) atoms. The molecule has 5 heteroatoms. The second kappa shape index (κ2) is 7.97. The Hall–Kier alpha value is -0.200. The van der Waals surface area contributed by atoms with Gasteiger partial charge in [-0.3, -0.25) is 0 Å². The highest BCUT2D eigenvalue weighted by Gasteiger charge is 2.31. The van der Waals surface area contributed by atoms with Crippen LogP contribution in [0.4, 0.5) is 0 Å². The van der Waals surface area contributed by atoms with E-state index < -0.39 is 5.60 Å². The van der Waals surface area contributed by atoms with Crippen LogP contribution in [0, 0.1) is 0 Å². The Balaban J connectivity index is 4.32. The molecule has 0 radical (unpaired) electrons. The Bertz CT molecular complexity index is 173. The third-order valence-electron chi connectivity index (χ3n) is 2.28. The van der Waals surface area contributed by atoms with Crippen LogP contribution in [-0.2, 0) is 9.47 Å². The van der Waals surface area contributed by atoms with Gasteiger partial charge in [-0.1, -0.05) is 0 Å². The molecule has 0 fully saturated rings. The van der Waals surface area contributed by atoms with Crippen LogP contribution in [0.15, 0.2) is 0 Å². The number of likely N-dealkylation sites (N-methyl/N-ethyl adjacent to an activating group) is 1. The first-order valence-electron chi connectivity index (χ1n) is 5.56. The van der Waals surface area contributed by atoms with Crippen LogP contribution in [0.5, 0.6) is 0 Å². The molecule has 98 valence electrons. The molecule has 0 aliphatic rings. The van der Waals surface area contributed by atoms with E-state index in [4.69, 9.17) is 19.7 Å². The Morgan fingerprint density at radius 3 is 2.12 bits per heavy atom. The standard InChI is InChI=1S/C11H25NO4/c1-11(2,16-8-6-14)10(9-12(3)4)15-7-5-13/h10,13-14H,5-9H2,1-4H3. The van der Waals surface area contributed by atoms with Crippen molar-refractivity contribution in [3.63, 3.8) is 0 Å². The van der Waals surface area contributed by atoms with Gasteiger partial charge in [0.1, 0.15) is 0 Å². The van der Waals surface area contributed by atoms with Crippen LogP contribution < -0.4 is 0 Å². The minimum Gasteiger partial charge on any atom is -0.394 e. The van der Waals surface area contributed by atoms with E-state index in [-0.39, 0.29) is 19.3 Å². The lowest BCUT2D eigenvalue weighted by molar-refractivity contribution is -0.140. The number of ether oxygens (including phenoxy) is 2. The van der Waals surface area contributed by atoms with Crippen molar-refractivity contribution in [1.82, 2.24) is 4.90 Å². The molecule has 5 nitrogen and oxygen atoms in total. The summed E-state index contributed by atoms with van der Waals surface area (Å²) in [6, 6.07) is 0. The number of nitrogens with zero attached hydrogens (tertiary/aromatic N) is 1. The van der Waals surface area contributed by atoms with Gasteiger partial charge >= 0.3 is 0 Å². The van der Waals surface area contributed by atoms with Gasteiger partial charge in [0.05, 0.1) is 38.1 Å². The molecule has 0 saturated carbocycles. The molecular formula is C11H25NO4. The zero-order valence-corrected chi connectivity index (χ0v) is 10.8. The zero-order chi connectivity index (χ0) is 12.6. The smallest absolute Gasteiger partial charge is 0.0986 e. The van der Waals surface area contributed by atoms with Crippen LogP contribution in [0.3, 0.4) is 0 Å². The fraction of sp³-hybridized carbons (Fsp3) is 1.00. The molecule has 0 heterocycles. The molecule has 0 aromatic rings. The van der Waals surface area contributed by atoms with Gasteiger partial charge < -0.3 is 24.6 Å². The van der Waals surface area contributed by atoms with Crippen molar-refractivity contribution in [2.24, 2.45) is 0 Å². The molecule has 1 atom stereocenters. The van der Waals surface area contributed by atoms with Crippen LogP contribution >= 0.6 is 0 Å². The van der Waals surface area contributed by atoms with Crippen molar-refractivity contribution in [2.45, 2.75) is 25.6 Å². The van der Waals surface area contributed by atoms with Crippen molar-refractivity contribution < 1.29 is 19.7 Å². The number of rotatable bonds is 9. The normalized spacial score (nSPS) is 14.4. The molecule has 1 unspecified atom stereocenters. The average molecular weight is 235 g/mol. The van der Waals surface area contributed by atoms with Crippen LogP contribution in [0.1, 0.15) is 13.8 Å². The summed E-state index contributed by atoms with van der Waals surface area (Å²) in [6.45, 7) is 5.14. The Morgan fingerprint density at radius 1 is 1.12 bits per heavy atom. The predicted octanol–water partition coefficient (Wildman–Crippen LogP) is -0.287. The third kappa shape index (κ3) is 6.40. The molecule has 0 bridgehead atoms. The summed E-state index contributed by atoms with van der Waals surface area (Å²) >= 11 is 0. The Labute approximate surface area is 98.0 Å². The molecule has 0 aliphatic heterocycles. The first-order valence-corrected chi connectivity index (χ1v) is 5.56. The summed E-state index contributed by atoms with van der Waals surface area (Å²) in [5.74, 6) is 0. The number of aliphatic hydroxyl groups is 2. The van der Waals surface area contributed by atoms with Gasteiger partial charge in [-0.25, -0.2) is 0 Å². The topological polar surface area (TPSA) is 62.2 Å². The highest BCUT2D eigenvalue weighted by molar-refractivity contribution is 4.82. The van der Waals surface area contributed by atoms with Crippen molar-refractivity contribution in [1.29, 1.82) is 0 Å². The fourth-order valence-electron chi connectivity index (χ4n) is 1.40. The summed E-state index contributed by atoms with van der Waals surface area (Å²) in [6.07, 6.45) is -0.138. The van der Waals surface area contributed by atoms with Crippen LogP contribution in [0.25, 0.3) is 0 Å². The van der Waals surface area contributed by atoms with E-state index in [0.29, 0.717) is 19.8 Å². The van der Waals surface area contributed by atoms with E-state index >= 15 is 0 Å². The summed E-state index contributed by atoms with van der Waals surface area (Å²) in [5.41, 5.74) is -0.484. The highest BCUT2D eigenvalue weighted by atomic mass is 16.6. The van der Waals surface area contributed by atoms with Crippen LogP contribution in [0.2, 0.25) is 0 Å². The SMILES string of the molecule is CN(C)CC(OCCO)C(C)(C)OCCO. The van der Waals surface area contributed by atoms with Crippen molar-refractivity contribution in [2.75, 3.05) is 47.1 Å². The molecule has 0 spiro atoms. The summed E-state index contributed by atoms with van der Waals surface area (Å²) in [4.78, 5) is 2.01.